The third-order valence-corrected chi connectivity index (χ3v) is 2.22. The monoisotopic (exact) mass is 152 g/mol. The lowest BCUT2D eigenvalue weighted by molar-refractivity contribution is 0.442. The summed E-state index contributed by atoms with van der Waals surface area (Å²) in [6.07, 6.45) is 3.12. The summed E-state index contributed by atoms with van der Waals surface area (Å²) in [5, 5.41) is 0. The fraction of sp³-hybridized carbons (Fsp3) is 0.667. The molecular formula is C9H16N2. The van der Waals surface area contributed by atoms with E-state index in [4.69, 9.17) is 0 Å². The highest BCUT2D eigenvalue weighted by Crippen LogP contribution is 2.14. The highest BCUT2D eigenvalue weighted by molar-refractivity contribution is 5.55. The lowest BCUT2D eigenvalue weighted by Gasteiger charge is -2.26. The second-order valence-electron chi connectivity index (χ2n) is 3.15. The molecule has 11 heavy (non-hydrogen) atoms. The quantitative estimate of drug-likeness (QED) is 0.317. The topological polar surface area (TPSA) is 15.6 Å². The van der Waals surface area contributed by atoms with Crippen LogP contribution in [0, 0.1) is 0 Å². The fourth-order valence-electron chi connectivity index (χ4n) is 1.31. The molecular weight excluding hydrogens is 136 g/mol. The van der Waals surface area contributed by atoms with E-state index in [0.29, 0.717) is 0 Å². The van der Waals surface area contributed by atoms with E-state index in [1.165, 1.54) is 12.0 Å². The van der Waals surface area contributed by atoms with E-state index < -0.39 is 0 Å². The summed E-state index contributed by atoms with van der Waals surface area (Å²) in [6.45, 7) is 6.60. The van der Waals surface area contributed by atoms with Crippen molar-refractivity contribution in [3.63, 3.8) is 0 Å². The van der Waals surface area contributed by atoms with Crippen molar-refractivity contribution >= 4 is 6.34 Å². The zero-order chi connectivity index (χ0) is 8.27. The Morgan fingerprint density at radius 2 is 2.09 bits per heavy atom. The molecule has 0 fully saturated rings. The molecule has 1 heterocycles. The Morgan fingerprint density at radius 1 is 1.36 bits per heavy atom. The Bertz CT molecular complexity index is 192. The van der Waals surface area contributed by atoms with Gasteiger partial charge in [-0.05, 0) is 20.3 Å². The van der Waals surface area contributed by atoms with Crippen molar-refractivity contribution in [2.75, 3.05) is 20.1 Å². The van der Waals surface area contributed by atoms with Crippen LogP contribution in [-0.4, -0.2) is 31.4 Å². The molecule has 0 aromatic carbocycles. The van der Waals surface area contributed by atoms with E-state index in [2.05, 4.69) is 23.7 Å². The SMILES string of the molecule is CN=CN1CCC(C)=C(C)C1. The summed E-state index contributed by atoms with van der Waals surface area (Å²) >= 11 is 0. The van der Waals surface area contributed by atoms with Gasteiger partial charge in [-0.3, -0.25) is 4.99 Å². The van der Waals surface area contributed by atoms with Crippen molar-refractivity contribution in [2.24, 2.45) is 4.99 Å². The average Bonchev–Trinajstić information content (AvgIpc) is 1.98. The van der Waals surface area contributed by atoms with Crippen molar-refractivity contribution < 1.29 is 0 Å². The van der Waals surface area contributed by atoms with Gasteiger partial charge in [-0.2, -0.15) is 0 Å². The standard InChI is InChI=1S/C9H16N2/c1-8-4-5-11(7-10-3)6-9(8)2/h7H,4-6H2,1-3H3. The Kier molecular flexibility index (Phi) is 2.69. The predicted molar refractivity (Wildman–Crippen MR) is 49.0 cm³/mol. The molecule has 0 aliphatic carbocycles. The molecule has 0 atom stereocenters. The lowest BCUT2D eigenvalue weighted by Crippen LogP contribution is -2.29. The van der Waals surface area contributed by atoms with Crippen LogP contribution in [0.15, 0.2) is 16.1 Å². The van der Waals surface area contributed by atoms with E-state index in [1.807, 2.05) is 13.4 Å². The Hall–Kier alpha value is -0.790. The highest BCUT2D eigenvalue weighted by Gasteiger charge is 2.09. The van der Waals surface area contributed by atoms with E-state index in [1.54, 1.807) is 5.57 Å². The molecule has 0 amide bonds. The van der Waals surface area contributed by atoms with Crippen molar-refractivity contribution in [3.05, 3.63) is 11.1 Å². The first-order valence-corrected chi connectivity index (χ1v) is 4.05. The van der Waals surface area contributed by atoms with E-state index in [9.17, 15) is 0 Å². The molecule has 1 rings (SSSR count). The molecule has 2 heteroatoms. The molecule has 0 aromatic rings. The molecule has 0 N–H and O–H groups in total. The van der Waals surface area contributed by atoms with Gasteiger partial charge in [0.25, 0.3) is 0 Å². The second-order valence-corrected chi connectivity index (χ2v) is 3.15. The van der Waals surface area contributed by atoms with Gasteiger partial charge >= 0.3 is 0 Å². The van der Waals surface area contributed by atoms with Gasteiger partial charge in [0.15, 0.2) is 0 Å². The van der Waals surface area contributed by atoms with Gasteiger partial charge < -0.3 is 4.90 Å². The third-order valence-electron chi connectivity index (χ3n) is 2.22. The number of rotatable bonds is 1. The van der Waals surface area contributed by atoms with Crippen LogP contribution in [0.1, 0.15) is 20.3 Å². The van der Waals surface area contributed by atoms with Crippen LogP contribution in [0.25, 0.3) is 0 Å². The smallest absolute Gasteiger partial charge is 0.0849 e. The minimum atomic E-state index is 1.06. The molecule has 62 valence electrons. The zero-order valence-corrected chi connectivity index (χ0v) is 7.59. The van der Waals surface area contributed by atoms with Gasteiger partial charge in [-0.1, -0.05) is 11.1 Å². The number of hydrogen-bond donors (Lipinski definition) is 0. The number of aliphatic imine (C=N–C) groups is 1. The van der Waals surface area contributed by atoms with Gasteiger partial charge in [-0.15, -0.1) is 0 Å². The van der Waals surface area contributed by atoms with Crippen LogP contribution < -0.4 is 0 Å². The van der Waals surface area contributed by atoms with Gasteiger partial charge in [0.2, 0.25) is 0 Å². The Labute approximate surface area is 68.6 Å². The van der Waals surface area contributed by atoms with Crippen LogP contribution in [-0.2, 0) is 0 Å². The normalized spacial score (nSPS) is 20.1. The first-order chi connectivity index (χ1) is 5.24. The van der Waals surface area contributed by atoms with Crippen LogP contribution in [0.4, 0.5) is 0 Å². The summed E-state index contributed by atoms with van der Waals surface area (Å²) in [5.41, 5.74) is 3.04. The molecule has 0 unspecified atom stereocenters. The minimum Gasteiger partial charge on any atom is -0.359 e. The minimum absolute atomic E-state index is 1.06. The summed E-state index contributed by atoms with van der Waals surface area (Å²) in [5.74, 6) is 0. The molecule has 0 aromatic heterocycles. The molecule has 1 aliphatic heterocycles. The molecule has 1 aliphatic rings. The third kappa shape index (κ3) is 2.07. The van der Waals surface area contributed by atoms with Crippen molar-refractivity contribution in [1.29, 1.82) is 0 Å². The van der Waals surface area contributed by atoms with E-state index in [-0.39, 0.29) is 0 Å². The maximum absolute atomic E-state index is 4.00. The van der Waals surface area contributed by atoms with Crippen molar-refractivity contribution in [3.8, 4) is 0 Å². The molecule has 0 saturated heterocycles. The Morgan fingerprint density at radius 3 is 2.64 bits per heavy atom. The van der Waals surface area contributed by atoms with Crippen LogP contribution >= 0.6 is 0 Å². The maximum Gasteiger partial charge on any atom is 0.0849 e. The summed E-state index contributed by atoms with van der Waals surface area (Å²) in [6, 6.07) is 0. The number of hydrogen-bond acceptors (Lipinski definition) is 1. The van der Waals surface area contributed by atoms with Crippen LogP contribution in [0.3, 0.4) is 0 Å². The largest absolute Gasteiger partial charge is 0.359 e. The predicted octanol–water partition coefficient (Wildman–Crippen LogP) is 1.69. The number of nitrogens with zero attached hydrogens (tertiary/aromatic N) is 2. The highest BCUT2D eigenvalue weighted by atomic mass is 15.1. The van der Waals surface area contributed by atoms with Gasteiger partial charge in [-0.25, -0.2) is 0 Å². The first kappa shape index (κ1) is 8.31. The zero-order valence-electron chi connectivity index (χ0n) is 7.59. The van der Waals surface area contributed by atoms with Gasteiger partial charge in [0.1, 0.15) is 0 Å². The van der Waals surface area contributed by atoms with E-state index >= 15 is 0 Å². The lowest BCUT2D eigenvalue weighted by atomic mass is 10.0. The maximum atomic E-state index is 4.00. The van der Waals surface area contributed by atoms with Crippen molar-refractivity contribution in [1.82, 2.24) is 4.90 Å². The van der Waals surface area contributed by atoms with Crippen LogP contribution in [0.5, 0.6) is 0 Å². The fourth-order valence-corrected chi connectivity index (χ4v) is 1.31. The van der Waals surface area contributed by atoms with Gasteiger partial charge in [0.05, 0.1) is 6.34 Å². The molecule has 0 radical (unpaired) electrons. The summed E-state index contributed by atoms with van der Waals surface area (Å²) in [7, 11) is 1.82. The molecule has 0 bridgehead atoms. The average molecular weight is 152 g/mol. The summed E-state index contributed by atoms with van der Waals surface area (Å²) in [4.78, 5) is 6.25. The van der Waals surface area contributed by atoms with E-state index in [0.717, 1.165) is 13.1 Å². The first-order valence-electron chi connectivity index (χ1n) is 4.05. The Balaban J connectivity index is 2.57. The van der Waals surface area contributed by atoms with Crippen LogP contribution in [0.2, 0.25) is 0 Å². The molecule has 0 spiro atoms. The molecule has 0 saturated carbocycles. The van der Waals surface area contributed by atoms with Gasteiger partial charge in [0, 0.05) is 20.1 Å². The second kappa shape index (κ2) is 3.56. The van der Waals surface area contributed by atoms with Crippen molar-refractivity contribution in [2.45, 2.75) is 20.3 Å². The summed E-state index contributed by atoms with van der Waals surface area (Å²) < 4.78 is 0. The molecule has 2 nitrogen and oxygen atoms in total.